The molecular weight excluding hydrogens is 350 g/mol. The molecule has 28 heavy (non-hydrogen) atoms. The van der Waals surface area contributed by atoms with Crippen molar-refractivity contribution in [2.45, 2.75) is 13.1 Å². The third kappa shape index (κ3) is 3.88. The van der Waals surface area contributed by atoms with E-state index in [2.05, 4.69) is 22.0 Å². The fourth-order valence-electron chi connectivity index (χ4n) is 3.21. The molecule has 2 aromatic heterocycles. The smallest absolute Gasteiger partial charge is 0.258 e. The number of rotatable bonds is 6. The van der Waals surface area contributed by atoms with Gasteiger partial charge in [0.1, 0.15) is 11.4 Å². The van der Waals surface area contributed by atoms with Crippen LogP contribution in [0.25, 0.3) is 5.65 Å². The van der Waals surface area contributed by atoms with E-state index in [1.165, 1.54) is 5.56 Å². The molecule has 4 aromatic rings. The lowest BCUT2D eigenvalue weighted by molar-refractivity contribution is 0.415. The largest absolute Gasteiger partial charge is 0.497 e. The molecule has 5 nitrogen and oxygen atoms in total. The van der Waals surface area contributed by atoms with Crippen LogP contribution in [0.15, 0.2) is 89.9 Å². The molecular formula is C23H21N3O2. The highest BCUT2D eigenvalue weighted by atomic mass is 16.5. The Morgan fingerprint density at radius 2 is 1.68 bits per heavy atom. The van der Waals surface area contributed by atoms with Crippen molar-refractivity contribution in [1.82, 2.24) is 9.38 Å². The van der Waals surface area contributed by atoms with Gasteiger partial charge in [0, 0.05) is 24.5 Å². The lowest BCUT2D eigenvalue weighted by Gasteiger charge is -2.25. The Bertz CT molecular complexity index is 1120. The monoisotopic (exact) mass is 371 g/mol. The molecule has 0 amide bonds. The molecule has 0 saturated heterocycles. The van der Waals surface area contributed by atoms with Crippen LogP contribution < -0.4 is 15.2 Å². The minimum absolute atomic E-state index is 0.0741. The van der Waals surface area contributed by atoms with Gasteiger partial charge in [-0.3, -0.25) is 9.20 Å². The van der Waals surface area contributed by atoms with Crippen molar-refractivity contribution in [3.8, 4) is 5.75 Å². The van der Waals surface area contributed by atoms with E-state index in [0.29, 0.717) is 18.7 Å². The van der Waals surface area contributed by atoms with E-state index in [9.17, 15) is 4.79 Å². The predicted molar refractivity (Wildman–Crippen MR) is 111 cm³/mol. The van der Waals surface area contributed by atoms with E-state index in [-0.39, 0.29) is 5.56 Å². The van der Waals surface area contributed by atoms with Crippen LogP contribution in [0.1, 0.15) is 11.3 Å². The molecule has 2 heterocycles. The Morgan fingerprint density at radius 1 is 0.929 bits per heavy atom. The van der Waals surface area contributed by atoms with Crippen LogP contribution in [0.2, 0.25) is 0 Å². The molecule has 0 saturated carbocycles. The summed E-state index contributed by atoms with van der Waals surface area (Å²) < 4.78 is 6.83. The van der Waals surface area contributed by atoms with Gasteiger partial charge < -0.3 is 9.64 Å². The summed E-state index contributed by atoms with van der Waals surface area (Å²) in [6.07, 6.45) is 1.74. The summed E-state index contributed by atoms with van der Waals surface area (Å²) in [5.74, 6) is 0.811. The Hall–Kier alpha value is -3.60. The summed E-state index contributed by atoms with van der Waals surface area (Å²) in [6, 6.07) is 25.4. The molecule has 0 radical (unpaired) electrons. The topological polar surface area (TPSA) is 46.8 Å². The zero-order valence-electron chi connectivity index (χ0n) is 15.7. The molecule has 2 aromatic carbocycles. The van der Waals surface area contributed by atoms with Crippen LogP contribution in [0.5, 0.6) is 5.75 Å². The maximum absolute atomic E-state index is 12.4. The molecule has 0 aliphatic carbocycles. The van der Waals surface area contributed by atoms with Crippen LogP contribution in [0.3, 0.4) is 0 Å². The van der Waals surface area contributed by atoms with E-state index in [1.807, 2.05) is 60.7 Å². The van der Waals surface area contributed by atoms with Gasteiger partial charge in [0.25, 0.3) is 5.56 Å². The van der Waals surface area contributed by atoms with E-state index in [4.69, 9.17) is 4.74 Å². The summed E-state index contributed by atoms with van der Waals surface area (Å²) in [6.45, 7) is 1.24. The minimum atomic E-state index is -0.0741. The summed E-state index contributed by atoms with van der Waals surface area (Å²) in [4.78, 5) is 19.3. The van der Waals surface area contributed by atoms with Crippen molar-refractivity contribution < 1.29 is 4.74 Å². The highest BCUT2D eigenvalue weighted by molar-refractivity contribution is 5.50. The molecule has 0 unspecified atom stereocenters. The molecule has 0 bridgehead atoms. The van der Waals surface area contributed by atoms with Crippen molar-refractivity contribution in [3.05, 3.63) is 107 Å². The fourth-order valence-corrected chi connectivity index (χ4v) is 3.21. The third-order valence-electron chi connectivity index (χ3n) is 4.63. The zero-order valence-corrected chi connectivity index (χ0v) is 15.7. The van der Waals surface area contributed by atoms with Gasteiger partial charge in [0.15, 0.2) is 0 Å². The molecule has 0 N–H and O–H groups in total. The fraction of sp³-hybridized carbons (Fsp3) is 0.130. The maximum Gasteiger partial charge on any atom is 0.258 e. The molecule has 5 heteroatoms. The van der Waals surface area contributed by atoms with E-state index < -0.39 is 0 Å². The molecule has 0 fully saturated rings. The van der Waals surface area contributed by atoms with Gasteiger partial charge in [0.2, 0.25) is 0 Å². The lowest BCUT2D eigenvalue weighted by atomic mass is 10.2. The average molecular weight is 371 g/mol. The van der Waals surface area contributed by atoms with E-state index in [0.717, 1.165) is 17.1 Å². The first kappa shape index (κ1) is 17.8. The predicted octanol–water partition coefficient (Wildman–Crippen LogP) is 3.91. The van der Waals surface area contributed by atoms with Gasteiger partial charge >= 0.3 is 0 Å². The van der Waals surface area contributed by atoms with Gasteiger partial charge in [0.05, 0.1) is 19.3 Å². The number of hydrogen-bond donors (Lipinski definition) is 0. The van der Waals surface area contributed by atoms with Crippen LogP contribution >= 0.6 is 0 Å². The minimum Gasteiger partial charge on any atom is -0.497 e. The first-order valence-electron chi connectivity index (χ1n) is 9.13. The van der Waals surface area contributed by atoms with Crippen LogP contribution in [-0.4, -0.2) is 16.5 Å². The van der Waals surface area contributed by atoms with E-state index in [1.54, 1.807) is 23.8 Å². The number of fused-ring (bicyclic) bond motifs is 1. The number of pyridine rings is 1. The Kier molecular flexibility index (Phi) is 5.06. The first-order chi connectivity index (χ1) is 13.7. The Morgan fingerprint density at radius 3 is 2.43 bits per heavy atom. The molecule has 0 aliphatic heterocycles. The molecule has 0 atom stereocenters. The van der Waals surface area contributed by atoms with Gasteiger partial charge in [-0.1, -0.05) is 36.4 Å². The summed E-state index contributed by atoms with van der Waals surface area (Å²) >= 11 is 0. The number of methoxy groups -OCH3 is 1. The zero-order chi connectivity index (χ0) is 19.3. The third-order valence-corrected chi connectivity index (χ3v) is 4.63. The SMILES string of the molecule is COc1ccc(N(Cc2ccccc2)Cc2cc(=O)n3ccccc3n2)cc1. The van der Waals surface area contributed by atoms with Gasteiger partial charge in [-0.05, 0) is 42.0 Å². The highest BCUT2D eigenvalue weighted by Crippen LogP contribution is 2.22. The molecule has 4 rings (SSSR count). The Labute approximate surface area is 163 Å². The second-order valence-electron chi connectivity index (χ2n) is 6.55. The normalized spacial score (nSPS) is 10.8. The molecule has 0 spiro atoms. The second-order valence-corrected chi connectivity index (χ2v) is 6.55. The standard InChI is InChI=1S/C23H21N3O2/c1-28-21-12-10-20(11-13-21)25(16-18-7-3-2-4-8-18)17-19-15-23(27)26-14-6-5-9-22(26)24-19/h2-15H,16-17H2,1H3. The van der Waals surface area contributed by atoms with Crippen molar-refractivity contribution in [1.29, 1.82) is 0 Å². The summed E-state index contributed by atoms with van der Waals surface area (Å²) in [7, 11) is 1.66. The van der Waals surface area contributed by atoms with Crippen molar-refractivity contribution in [2.24, 2.45) is 0 Å². The summed E-state index contributed by atoms with van der Waals surface area (Å²) in [5, 5.41) is 0. The van der Waals surface area contributed by atoms with Crippen LogP contribution in [0, 0.1) is 0 Å². The number of nitrogens with zero attached hydrogens (tertiary/aromatic N) is 3. The van der Waals surface area contributed by atoms with Gasteiger partial charge in [-0.25, -0.2) is 4.98 Å². The average Bonchev–Trinajstić information content (AvgIpc) is 2.74. The number of hydrogen-bond acceptors (Lipinski definition) is 4. The van der Waals surface area contributed by atoms with Crippen molar-refractivity contribution >= 4 is 11.3 Å². The van der Waals surface area contributed by atoms with Crippen LogP contribution in [-0.2, 0) is 13.1 Å². The molecule has 140 valence electrons. The quantitative estimate of drug-likeness (QED) is 0.516. The van der Waals surface area contributed by atoms with Crippen LogP contribution in [0.4, 0.5) is 5.69 Å². The lowest BCUT2D eigenvalue weighted by Crippen LogP contribution is -2.25. The molecule has 0 aliphatic rings. The highest BCUT2D eigenvalue weighted by Gasteiger charge is 2.11. The first-order valence-corrected chi connectivity index (χ1v) is 9.13. The van der Waals surface area contributed by atoms with Crippen molar-refractivity contribution in [3.63, 3.8) is 0 Å². The van der Waals surface area contributed by atoms with Gasteiger partial charge in [-0.15, -0.1) is 0 Å². The number of ether oxygens (including phenoxy) is 1. The second kappa shape index (κ2) is 7.96. The number of aromatic nitrogens is 2. The van der Waals surface area contributed by atoms with E-state index >= 15 is 0 Å². The number of anilines is 1. The Balaban J connectivity index is 1.69. The van der Waals surface area contributed by atoms with Crippen molar-refractivity contribution in [2.75, 3.05) is 12.0 Å². The maximum atomic E-state index is 12.4. The summed E-state index contributed by atoms with van der Waals surface area (Å²) in [5.41, 5.74) is 3.55. The number of benzene rings is 2. The van der Waals surface area contributed by atoms with Gasteiger partial charge in [-0.2, -0.15) is 0 Å².